The van der Waals surface area contributed by atoms with Gasteiger partial charge in [-0.15, -0.1) is 0 Å². The summed E-state index contributed by atoms with van der Waals surface area (Å²) in [6.45, 7) is 3.10. The first kappa shape index (κ1) is 15.3. The highest BCUT2D eigenvalue weighted by Gasteiger charge is 2.14. The van der Waals surface area contributed by atoms with Crippen molar-refractivity contribution in [3.63, 3.8) is 0 Å². The molecule has 2 aromatic carbocycles. The van der Waals surface area contributed by atoms with E-state index in [1.54, 1.807) is 0 Å². The Morgan fingerprint density at radius 1 is 1.05 bits per heavy atom. The Kier molecular flexibility index (Phi) is 5.52. The first-order valence-corrected chi connectivity index (χ1v) is 7.28. The fourth-order valence-corrected chi connectivity index (χ4v) is 2.23. The zero-order chi connectivity index (χ0) is 15.1. The lowest BCUT2D eigenvalue weighted by atomic mass is 9.98. The molecule has 0 unspecified atom stereocenters. The molecule has 0 bridgehead atoms. The molecule has 0 atom stereocenters. The molecule has 110 valence electrons. The minimum absolute atomic E-state index is 0.0580. The summed E-state index contributed by atoms with van der Waals surface area (Å²) in [5.41, 5.74) is 8.36. The van der Waals surface area contributed by atoms with Gasteiger partial charge in [-0.2, -0.15) is 0 Å². The quantitative estimate of drug-likeness (QED) is 0.793. The maximum Gasteiger partial charge on any atom is 0.170 e. The molecule has 0 aromatic heterocycles. The molecule has 0 saturated heterocycles. The Labute approximate surface area is 125 Å². The lowest BCUT2D eigenvalue weighted by Crippen LogP contribution is -2.10. The van der Waals surface area contributed by atoms with Gasteiger partial charge in [-0.25, -0.2) is 0 Å². The molecule has 21 heavy (non-hydrogen) atoms. The van der Waals surface area contributed by atoms with Crippen LogP contribution in [0.2, 0.25) is 0 Å². The first-order chi connectivity index (χ1) is 10.3. The Hall–Kier alpha value is -2.13. The van der Waals surface area contributed by atoms with Crippen LogP contribution in [0, 0.1) is 0 Å². The van der Waals surface area contributed by atoms with E-state index in [4.69, 9.17) is 10.5 Å². The van der Waals surface area contributed by atoms with Gasteiger partial charge < -0.3 is 10.5 Å². The fraction of sp³-hybridized carbons (Fsp3) is 0.278. The normalized spacial score (nSPS) is 10.4. The molecular weight excluding hydrogens is 262 g/mol. The van der Waals surface area contributed by atoms with Gasteiger partial charge in [-0.3, -0.25) is 4.79 Å². The molecular formula is C18H21NO2. The molecule has 2 N–H and O–H groups in total. The summed E-state index contributed by atoms with van der Waals surface area (Å²) >= 11 is 0. The molecule has 3 heteroatoms. The zero-order valence-electron chi connectivity index (χ0n) is 12.3. The van der Waals surface area contributed by atoms with Gasteiger partial charge in [0.15, 0.2) is 5.78 Å². The van der Waals surface area contributed by atoms with Crippen LogP contribution in [-0.4, -0.2) is 12.4 Å². The summed E-state index contributed by atoms with van der Waals surface area (Å²) in [5, 5.41) is 0. The molecule has 2 rings (SSSR count). The van der Waals surface area contributed by atoms with Gasteiger partial charge in [0.1, 0.15) is 5.75 Å². The van der Waals surface area contributed by atoms with Crippen LogP contribution in [0.15, 0.2) is 48.5 Å². The minimum Gasteiger partial charge on any atom is -0.493 e. The molecule has 2 aromatic rings. The van der Waals surface area contributed by atoms with Gasteiger partial charge in [0, 0.05) is 13.0 Å². The van der Waals surface area contributed by atoms with Crippen molar-refractivity contribution in [1.82, 2.24) is 0 Å². The number of hydrogen-bond acceptors (Lipinski definition) is 3. The van der Waals surface area contributed by atoms with E-state index in [2.05, 4.69) is 0 Å². The summed E-state index contributed by atoms with van der Waals surface area (Å²) in [4.78, 5) is 12.5. The van der Waals surface area contributed by atoms with E-state index in [0.29, 0.717) is 30.9 Å². The van der Waals surface area contributed by atoms with Crippen molar-refractivity contribution in [2.24, 2.45) is 5.73 Å². The van der Waals surface area contributed by atoms with Gasteiger partial charge in [0.25, 0.3) is 0 Å². The number of benzene rings is 2. The molecule has 0 aliphatic rings. The number of hydrogen-bond donors (Lipinski definition) is 1. The van der Waals surface area contributed by atoms with Crippen LogP contribution in [0.3, 0.4) is 0 Å². The van der Waals surface area contributed by atoms with E-state index in [1.165, 1.54) is 0 Å². The average Bonchev–Trinajstić information content (AvgIpc) is 2.53. The van der Waals surface area contributed by atoms with Crippen LogP contribution in [0.25, 0.3) is 0 Å². The molecule has 0 radical (unpaired) electrons. The highest BCUT2D eigenvalue weighted by atomic mass is 16.5. The molecule has 0 aliphatic heterocycles. The van der Waals surface area contributed by atoms with Crippen molar-refractivity contribution in [1.29, 1.82) is 0 Å². The first-order valence-electron chi connectivity index (χ1n) is 7.28. The van der Waals surface area contributed by atoms with Crippen LogP contribution in [0.5, 0.6) is 5.75 Å². The van der Waals surface area contributed by atoms with E-state index in [1.807, 2.05) is 55.5 Å². The van der Waals surface area contributed by atoms with Crippen LogP contribution in [0.1, 0.15) is 34.8 Å². The summed E-state index contributed by atoms with van der Waals surface area (Å²) in [5.74, 6) is 0.720. The smallest absolute Gasteiger partial charge is 0.170 e. The second kappa shape index (κ2) is 7.60. The maximum absolute atomic E-state index is 12.5. The molecule has 0 amide bonds. The Morgan fingerprint density at radius 2 is 1.71 bits per heavy atom. The molecule has 0 saturated carbocycles. The number of rotatable bonds is 7. The minimum atomic E-state index is 0.0580. The third-order valence-corrected chi connectivity index (χ3v) is 3.34. The maximum atomic E-state index is 12.5. The number of nitrogens with two attached hydrogens (primary N) is 1. The molecule has 0 aliphatic carbocycles. The van der Waals surface area contributed by atoms with E-state index in [9.17, 15) is 4.79 Å². The Balaban J connectivity index is 2.20. The fourth-order valence-electron chi connectivity index (χ4n) is 2.23. The standard InChI is InChI=1S/C18H21NO2/c1-2-11-21-18-10-6-5-9-16(18)17(20)12-14-7-3-4-8-15(14)13-19/h3-10H,2,11-13,19H2,1H3. The van der Waals surface area contributed by atoms with Crippen LogP contribution >= 0.6 is 0 Å². The lowest BCUT2D eigenvalue weighted by Gasteiger charge is -2.11. The molecule has 3 nitrogen and oxygen atoms in total. The summed E-state index contributed by atoms with van der Waals surface area (Å²) in [6.07, 6.45) is 1.26. The number of carbonyl (C=O) groups excluding carboxylic acids is 1. The monoisotopic (exact) mass is 283 g/mol. The van der Waals surface area contributed by atoms with Crippen molar-refractivity contribution >= 4 is 5.78 Å². The second-order valence-electron chi connectivity index (χ2n) is 4.92. The highest BCUT2D eigenvalue weighted by molar-refractivity contribution is 6.00. The molecule has 0 fully saturated rings. The zero-order valence-corrected chi connectivity index (χ0v) is 12.3. The largest absolute Gasteiger partial charge is 0.493 e. The predicted octanol–water partition coefficient (Wildman–Crippen LogP) is 3.36. The van der Waals surface area contributed by atoms with Gasteiger partial charge >= 0.3 is 0 Å². The van der Waals surface area contributed by atoms with Crippen LogP contribution in [0.4, 0.5) is 0 Å². The number of carbonyl (C=O) groups is 1. The van der Waals surface area contributed by atoms with Crippen molar-refractivity contribution in [2.75, 3.05) is 6.61 Å². The summed E-state index contributed by atoms with van der Waals surface area (Å²) in [6, 6.07) is 15.2. The van der Waals surface area contributed by atoms with E-state index in [0.717, 1.165) is 17.5 Å². The van der Waals surface area contributed by atoms with Gasteiger partial charge in [-0.1, -0.05) is 43.3 Å². The summed E-state index contributed by atoms with van der Waals surface area (Å²) < 4.78 is 5.66. The highest BCUT2D eigenvalue weighted by Crippen LogP contribution is 2.21. The van der Waals surface area contributed by atoms with Crippen molar-refractivity contribution in [3.8, 4) is 5.75 Å². The second-order valence-corrected chi connectivity index (χ2v) is 4.92. The van der Waals surface area contributed by atoms with Gasteiger partial charge in [-0.05, 0) is 29.7 Å². The van der Waals surface area contributed by atoms with Crippen LogP contribution in [-0.2, 0) is 13.0 Å². The van der Waals surface area contributed by atoms with Crippen molar-refractivity contribution in [2.45, 2.75) is 26.3 Å². The lowest BCUT2D eigenvalue weighted by molar-refractivity contribution is 0.0988. The van der Waals surface area contributed by atoms with Crippen molar-refractivity contribution in [3.05, 3.63) is 65.2 Å². The Bertz CT molecular complexity index is 608. The SMILES string of the molecule is CCCOc1ccccc1C(=O)Cc1ccccc1CN. The number of ether oxygens (including phenoxy) is 1. The number of para-hydroxylation sites is 1. The van der Waals surface area contributed by atoms with Gasteiger partial charge in [0.05, 0.1) is 12.2 Å². The number of ketones is 1. The predicted molar refractivity (Wildman–Crippen MR) is 84.6 cm³/mol. The molecule has 0 spiro atoms. The third-order valence-electron chi connectivity index (χ3n) is 3.34. The van der Waals surface area contributed by atoms with Crippen molar-refractivity contribution < 1.29 is 9.53 Å². The topological polar surface area (TPSA) is 52.3 Å². The van der Waals surface area contributed by atoms with E-state index in [-0.39, 0.29) is 5.78 Å². The molecule has 0 heterocycles. The third kappa shape index (κ3) is 3.92. The number of Topliss-reactive ketones (excluding diaryl/α,β-unsaturated/α-hetero) is 1. The van der Waals surface area contributed by atoms with Crippen LogP contribution < -0.4 is 10.5 Å². The van der Waals surface area contributed by atoms with E-state index < -0.39 is 0 Å². The summed E-state index contributed by atoms with van der Waals surface area (Å²) in [7, 11) is 0. The van der Waals surface area contributed by atoms with Gasteiger partial charge in [0.2, 0.25) is 0 Å². The van der Waals surface area contributed by atoms with E-state index >= 15 is 0 Å². The Morgan fingerprint density at radius 3 is 2.43 bits per heavy atom. The average molecular weight is 283 g/mol.